The zero-order chi connectivity index (χ0) is 16.5. The van der Waals surface area contributed by atoms with Crippen LogP contribution in [0.15, 0.2) is 42.6 Å². The number of benzene rings is 1. The van der Waals surface area contributed by atoms with Gasteiger partial charge in [0.15, 0.2) is 11.6 Å². The van der Waals surface area contributed by atoms with E-state index in [0.29, 0.717) is 11.5 Å². The van der Waals surface area contributed by atoms with Gasteiger partial charge in [0.2, 0.25) is 0 Å². The molecule has 0 saturated heterocycles. The van der Waals surface area contributed by atoms with Gasteiger partial charge in [-0.2, -0.15) is 5.10 Å². The Labute approximate surface area is 141 Å². The summed E-state index contributed by atoms with van der Waals surface area (Å²) in [5.74, 6) is 1.15. The summed E-state index contributed by atoms with van der Waals surface area (Å²) >= 11 is 0. The van der Waals surface area contributed by atoms with Crippen molar-refractivity contribution in [1.29, 1.82) is 0 Å². The molecular formula is C20H20N3O. The third-order valence-corrected chi connectivity index (χ3v) is 4.89. The molecule has 0 aliphatic heterocycles. The molecule has 0 spiro atoms. The molecule has 0 bridgehead atoms. The molecule has 1 radical (unpaired) electrons. The zero-order valence-corrected chi connectivity index (χ0v) is 13.6. The van der Waals surface area contributed by atoms with E-state index in [2.05, 4.69) is 11.9 Å². The summed E-state index contributed by atoms with van der Waals surface area (Å²) in [6, 6.07) is 11.6. The normalized spacial score (nSPS) is 15.7. The van der Waals surface area contributed by atoms with E-state index in [9.17, 15) is 4.79 Å². The molecular weight excluding hydrogens is 298 g/mol. The molecule has 4 nitrogen and oxygen atoms in total. The summed E-state index contributed by atoms with van der Waals surface area (Å²) in [6.45, 7) is 3.51. The quantitative estimate of drug-likeness (QED) is 0.669. The average Bonchev–Trinajstić information content (AvgIpc) is 3.01. The first-order chi connectivity index (χ1) is 11.7. The monoisotopic (exact) mass is 318 g/mol. The minimum atomic E-state index is -0.177. The van der Waals surface area contributed by atoms with Gasteiger partial charge in [0.25, 0.3) is 0 Å². The number of hydrogen-bond donors (Lipinski definition) is 0. The molecule has 0 N–H and O–H groups in total. The number of hydrogen-bond acceptors (Lipinski definition) is 3. The Balaban J connectivity index is 1.93. The average molecular weight is 318 g/mol. The van der Waals surface area contributed by atoms with Crippen LogP contribution in [0.3, 0.4) is 0 Å². The van der Waals surface area contributed by atoms with Crippen LogP contribution in [0.4, 0.5) is 0 Å². The minimum absolute atomic E-state index is 0.177. The maximum Gasteiger partial charge on any atom is 0.163 e. The molecule has 0 amide bonds. The molecule has 1 saturated carbocycles. The van der Waals surface area contributed by atoms with Gasteiger partial charge in [0.05, 0.1) is 11.2 Å². The topological polar surface area (TPSA) is 47.8 Å². The van der Waals surface area contributed by atoms with Crippen molar-refractivity contribution in [3.05, 3.63) is 60.8 Å². The number of rotatable bonds is 3. The van der Waals surface area contributed by atoms with Gasteiger partial charge in [0, 0.05) is 30.0 Å². The lowest BCUT2D eigenvalue weighted by Crippen LogP contribution is -2.12. The number of carbonyl (C=O) groups excluding carboxylic acids is 1. The number of aromatic nitrogens is 3. The Morgan fingerprint density at radius 1 is 1.12 bits per heavy atom. The third-order valence-electron chi connectivity index (χ3n) is 4.89. The summed E-state index contributed by atoms with van der Waals surface area (Å²) in [7, 11) is 0. The maximum atomic E-state index is 11.6. The van der Waals surface area contributed by atoms with Gasteiger partial charge in [-0.1, -0.05) is 37.5 Å². The molecule has 0 atom stereocenters. The summed E-state index contributed by atoms with van der Waals surface area (Å²) in [5, 5.41) is 5.90. The smallest absolute Gasteiger partial charge is 0.163 e. The fourth-order valence-corrected chi connectivity index (χ4v) is 3.70. The fraction of sp³-hybridized carbons (Fsp3) is 0.300. The van der Waals surface area contributed by atoms with Crippen LogP contribution in [0.25, 0.3) is 16.7 Å². The SMILES string of the molecule is [CH2]C(=O)c1ccc2c(C3CCCCC3)n(-c3ccccn3)nc2c1. The third kappa shape index (κ3) is 2.62. The maximum absolute atomic E-state index is 11.6. The first kappa shape index (κ1) is 15.1. The molecule has 4 rings (SSSR count). The van der Waals surface area contributed by atoms with Crippen LogP contribution in [0.1, 0.15) is 54.1 Å². The molecule has 0 unspecified atom stereocenters. The van der Waals surface area contributed by atoms with E-state index >= 15 is 0 Å². The van der Waals surface area contributed by atoms with E-state index < -0.39 is 0 Å². The van der Waals surface area contributed by atoms with E-state index in [4.69, 9.17) is 5.10 Å². The highest BCUT2D eigenvalue weighted by molar-refractivity contribution is 6.02. The van der Waals surface area contributed by atoms with Gasteiger partial charge >= 0.3 is 0 Å². The van der Waals surface area contributed by atoms with E-state index in [-0.39, 0.29) is 5.78 Å². The lowest BCUT2D eigenvalue weighted by molar-refractivity contribution is 0.104. The molecule has 2 heterocycles. The molecule has 2 aromatic heterocycles. The number of Topliss-reactive ketones (excluding diaryl/α,β-unsaturated/α-hetero) is 1. The molecule has 24 heavy (non-hydrogen) atoms. The largest absolute Gasteiger partial charge is 0.294 e. The number of pyridine rings is 1. The van der Waals surface area contributed by atoms with Gasteiger partial charge < -0.3 is 0 Å². The predicted molar refractivity (Wildman–Crippen MR) is 94.4 cm³/mol. The zero-order valence-electron chi connectivity index (χ0n) is 13.6. The van der Waals surface area contributed by atoms with Crippen molar-refractivity contribution < 1.29 is 4.79 Å². The Kier molecular flexibility index (Phi) is 3.89. The van der Waals surface area contributed by atoms with Gasteiger partial charge in [-0.15, -0.1) is 0 Å². The molecule has 1 aromatic carbocycles. The number of nitrogens with zero attached hydrogens (tertiary/aromatic N) is 3. The van der Waals surface area contributed by atoms with Crippen molar-refractivity contribution in [3.8, 4) is 5.82 Å². The van der Waals surface area contributed by atoms with Crippen LogP contribution < -0.4 is 0 Å². The van der Waals surface area contributed by atoms with Crippen molar-refractivity contribution >= 4 is 16.7 Å². The van der Waals surface area contributed by atoms with Gasteiger partial charge in [-0.25, -0.2) is 9.67 Å². The lowest BCUT2D eigenvalue weighted by Gasteiger charge is -2.22. The minimum Gasteiger partial charge on any atom is -0.294 e. The van der Waals surface area contributed by atoms with Crippen LogP contribution in [0.5, 0.6) is 0 Å². The van der Waals surface area contributed by atoms with E-state index in [1.165, 1.54) is 37.8 Å². The van der Waals surface area contributed by atoms with Gasteiger partial charge in [-0.05, 0) is 31.0 Å². The molecule has 4 heteroatoms. The number of ketones is 1. The second-order valence-electron chi connectivity index (χ2n) is 6.48. The lowest BCUT2D eigenvalue weighted by atomic mass is 9.85. The van der Waals surface area contributed by atoms with Crippen molar-refractivity contribution in [1.82, 2.24) is 14.8 Å². The van der Waals surface area contributed by atoms with E-state index in [1.807, 2.05) is 41.1 Å². The number of carbonyl (C=O) groups is 1. The second kappa shape index (κ2) is 6.19. The number of fused-ring (bicyclic) bond motifs is 1. The first-order valence-electron chi connectivity index (χ1n) is 8.54. The van der Waals surface area contributed by atoms with Crippen LogP contribution in [0.2, 0.25) is 0 Å². The van der Waals surface area contributed by atoms with Crippen LogP contribution >= 0.6 is 0 Å². The highest BCUT2D eigenvalue weighted by atomic mass is 16.1. The first-order valence-corrected chi connectivity index (χ1v) is 8.54. The fourth-order valence-electron chi connectivity index (χ4n) is 3.70. The van der Waals surface area contributed by atoms with Gasteiger partial charge in [-0.3, -0.25) is 4.79 Å². The second-order valence-corrected chi connectivity index (χ2v) is 6.48. The summed E-state index contributed by atoms with van der Waals surface area (Å²) in [5.41, 5.74) is 2.67. The van der Waals surface area contributed by atoms with E-state index in [1.54, 1.807) is 6.20 Å². The molecule has 3 aromatic rings. The molecule has 1 aliphatic rings. The van der Waals surface area contributed by atoms with Crippen LogP contribution in [-0.4, -0.2) is 20.5 Å². The molecule has 1 fully saturated rings. The Hall–Kier alpha value is -2.49. The van der Waals surface area contributed by atoms with Crippen molar-refractivity contribution in [2.75, 3.05) is 0 Å². The van der Waals surface area contributed by atoms with Crippen LogP contribution in [0, 0.1) is 6.92 Å². The van der Waals surface area contributed by atoms with Crippen molar-refractivity contribution in [2.24, 2.45) is 0 Å². The Morgan fingerprint density at radius 3 is 2.67 bits per heavy atom. The summed E-state index contributed by atoms with van der Waals surface area (Å²) in [4.78, 5) is 16.1. The summed E-state index contributed by atoms with van der Waals surface area (Å²) in [6.07, 6.45) is 7.99. The Bertz CT molecular complexity index is 877. The molecule has 121 valence electrons. The predicted octanol–water partition coefficient (Wildman–Crippen LogP) is 4.48. The van der Waals surface area contributed by atoms with Crippen LogP contribution in [-0.2, 0) is 0 Å². The molecule has 1 aliphatic carbocycles. The summed E-state index contributed by atoms with van der Waals surface area (Å²) < 4.78 is 1.97. The Morgan fingerprint density at radius 2 is 1.96 bits per heavy atom. The van der Waals surface area contributed by atoms with Gasteiger partial charge in [0.1, 0.15) is 0 Å². The van der Waals surface area contributed by atoms with Crippen molar-refractivity contribution in [2.45, 2.75) is 38.0 Å². The standard InChI is InChI=1S/C20H20N3O/c1-14(24)16-10-11-17-18(13-16)22-23(19-9-5-6-12-21-19)20(17)15-7-3-2-4-8-15/h5-6,9-13,15H,1-4,7-8H2. The van der Waals surface area contributed by atoms with E-state index in [0.717, 1.165) is 16.7 Å². The highest BCUT2D eigenvalue weighted by Gasteiger charge is 2.24. The van der Waals surface area contributed by atoms with Crippen molar-refractivity contribution in [3.63, 3.8) is 0 Å². The highest BCUT2D eigenvalue weighted by Crippen LogP contribution is 2.37.